The van der Waals surface area contributed by atoms with Crippen LogP contribution in [0.2, 0.25) is 0 Å². The lowest BCUT2D eigenvalue weighted by atomic mass is 9.96. The van der Waals surface area contributed by atoms with Gasteiger partial charge in [0.15, 0.2) is 11.5 Å². The van der Waals surface area contributed by atoms with Crippen molar-refractivity contribution in [1.82, 2.24) is 0 Å². The summed E-state index contributed by atoms with van der Waals surface area (Å²) >= 11 is 0. The van der Waals surface area contributed by atoms with Crippen LogP contribution in [0.4, 0.5) is 0 Å². The van der Waals surface area contributed by atoms with Gasteiger partial charge in [-0.1, -0.05) is 0 Å². The number of methoxy groups -OCH3 is 1. The van der Waals surface area contributed by atoms with E-state index in [4.69, 9.17) is 14.2 Å². The number of phenols is 1. The molecular weight excluding hydrogens is 440 g/mol. The number of aliphatic hydroxyl groups excluding tert-OH is 6. The van der Waals surface area contributed by atoms with Crippen LogP contribution in [0.25, 0.3) is 5.76 Å². The molecule has 178 valence electrons. The molecule has 0 spiro atoms. The smallest absolute Gasteiger partial charge is 0.305 e. The van der Waals surface area contributed by atoms with Crippen molar-refractivity contribution in [3.05, 3.63) is 64.8 Å². The topological polar surface area (TPSA) is 182 Å². The Morgan fingerprint density at radius 1 is 1.03 bits per heavy atom. The third-order valence-electron chi connectivity index (χ3n) is 5.56. The Balaban J connectivity index is 1.76. The van der Waals surface area contributed by atoms with Crippen LogP contribution in [0.5, 0.6) is 11.5 Å². The van der Waals surface area contributed by atoms with Gasteiger partial charge in [-0.05, 0) is 12.1 Å². The van der Waals surface area contributed by atoms with E-state index in [-0.39, 0.29) is 40.1 Å². The van der Waals surface area contributed by atoms with E-state index in [1.165, 1.54) is 31.4 Å². The molecule has 0 aromatic heterocycles. The summed E-state index contributed by atoms with van der Waals surface area (Å²) in [6, 6.07) is 4.47. The van der Waals surface area contributed by atoms with Gasteiger partial charge in [0.2, 0.25) is 18.2 Å². The van der Waals surface area contributed by atoms with Crippen molar-refractivity contribution in [3.63, 3.8) is 0 Å². The minimum absolute atomic E-state index is 0.00452. The number of rotatable bonds is 5. The van der Waals surface area contributed by atoms with Crippen molar-refractivity contribution in [1.29, 1.82) is 0 Å². The highest BCUT2D eigenvalue weighted by molar-refractivity contribution is 5.69. The van der Waals surface area contributed by atoms with Crippen LogP contribution in [0.15, 0.2) is 59.3 Å². The van der Waals surface area contributed by atoms with Gasteiger partial charge < -0.3 is 54.7 Å². The number of aromatic hydroxyl groups is 1. The summed E-state index contributed by atoms with van der Waals surface area (Å²) in [6.45, 7) is -0.635. The Morgan fingerprint density at radius 2 is 1.79 bits per heavy atom. The molecule has 0 radical (unpaired) electrons. The minimum atomic E-state index is -1.67. The van der Waals surface area contributed by atoms with E-state index >= 15 is 0 Å². The number of allylic oxidation sites excluding steroid dienone is 2. The highest BCUT2D eigenvalue weighted by atomic mass is 16.7. The Kier molecular flexibility index (Phi) is 6.23. The first-order valence-corrected chi connectivity index (χ1v) is 10.1. The Hall–Kier alpha value is -3.22. The lowest BCUT2D eigenvalue weighted by molar-refractivity contribution is -0.290. The summed E-state index contributed by atoms with van der Waals surface area (Å²) in [5, 5.41) is 70.2. The van der Waals surface area contributed by atoms with E-state index in [2.05, 4.69) is 4.74 Å². The summed E-state index contributed by atoms with van der Waals surface area (Å²) in [7, 11) is 1.40. The number of fused-ring (bicyclic) bond motifs is 1. The first-order valence-electron chi connectivity index (χ1n) is 10.1. The van der Waals surface area contributed by atoms with E-state index in [0.717, 1.165) is 6.08 Å². The molecule has 1 saturated heterocycles. The van der Waals surface area contributed by atoms with Gasteiger partial charge in [0.05, 0.1) is 30.9 Å². The molecule has 4 rings (SSSR count). The second kappa shape index (κ2) is 8.96. The second-order valence-electron chi connectivity index (χ2n) is 7.71. The maximum absolute atomic E-state index is 10.4. The van der Waals surface area contributed by atoms with Crippen LogP contribution >= 0.6 is 0 Å². The predicted octanol–water partition coefficient (Wildman–Crippen LogP) is -0.380. The van der Waals surface area contributed by atoms with Crippen molar-refractivity contribution in [2.45, 2.75) is 36.8 Å². The zero-order valence-corrected chi connectivity index (χ0v) is 17.4. The summed E-state index contributed by atoms with van der Waals surface area (Å²) in [6.07, 6.45) is -4.39. The molecule has 11 nitrogen and oxygen atoms in total. The second-order valence-corrected chi connectivity index (χ2v) is 7.71. The molecular formula is C22H25O11+. The molecule has 33 heavy (non-hydrogen) atoms. The number of ether oxygens (including phenoxy) is 4. The van der Waals surface area contributed by atoms with Crippen molar-refractivity contribution in [2.24, 2.45) is 0 Å². The molecule has 1 fully saturated rings. The molecule has 0 saturated carbocycles. The molecule has 1 unspecified atom stereocenters. The highest BCUT2D eigenvalue weighted by Crippen LogP contribution is 2.38. The summed E-state index contributed by atoms with van der Waals surface area (Å²) in [4.78, 5) is 0. The third-order valence-corrected chi connectivity index (χ3v) is 5.56. The molecule has 1 aliphatic carbocycles. The molecule has 6 atom stereocenters. The van der Waals surface area contributed by atoms with Gasteiger partial charge in [-0.25, -0.2) is 0 Å². The van der Waals surface area contributed by atoms with Crippen molar-refractivity contribution in [2.75, 3.05) is 13.7 Å². The summed E-state index contributed by atoms with van der Waals surface area (Å²) < 4.78 is 20.8. The monoisotopic (exact) mass is 465 g/mol. The van der Waals surface area contributed by atoms with Gasteiger partial charge in [-0.2, -0.15) is 0 Å². The number of hydrogen-bond donors (Lipinski definition) is 7. The van der Waals surface area contributed by atoms with Gasteiger partial charge in [0.25, 0.3) is 0 Å². The van der Waals surface area contributed by atoms with Crippen molar-refractivity contribution < 1.29 is 54.7 Å². The van der Waals surface area contributed by atoms with Gasteiger partial charge in [0.1, 0.15) is 35.9 Å². The molecule has 11 heteroatoms. The van der Waals surface area contributed by atoms with E-state index in [0.29, 0.717) is 5.56 Å². The normalized spacial score (nSPS) is 31.6. The van der Waals surface area contributed by atoms with Crippen LogP contribution in [0.1, 0.15) is 5.56 Å². The Labute approximate surface area is 188 Å². The number of hydrogen-bond acceptors (Lipinski definition) is 10. The fourth-order valence-corrected chi connectivity index (χ4v) is 3.79. The highest BCUT2D eigenvalue weighted by Gasteiger charge is 2.46. The van der Waals surface area contributed by atoms with E-state index in [1.807, 2.05) is 0 Å². The fourth-order valence-electron chi connectivity index (χ4n) is 3.79. The van der Waals surface area contributed by atoms with Crippen LogP contribution in [0.3, 0.4) is 0 Å². The molecule has 3 aliphatic rings. The molecule has 1 aromatic carbocycles. The van der Waals surface area contributed by atoms with Gasteiger partial charge >= 0.3 is 5.76 Å². The minimum Gasteiger partial charge on any atom is -0.571 e. The predicted molar refractivity (Wildman–Crippen MR) is 112 cm³/mol. The van der Waals surface area contributed by atoms with E-state index in [9.17, 15) is 35.7 Å². The number of benzene rings is 1. The maximum Gasteiger partial charge on any atom is 0.305 e. The number of aliphatic hydroxyl groups is 8. The SMILES string of the molecule is COc1ccc(C2=C(O[C@@H]3O[C@H](CO)[C@H](O)[C@H](O)[C@H]3O)C=C3C(O)=CC(O)=CC3[OH+]2)cc1O. The molecule has 1 aromatic rings. The summed E-state index contributed by atoms with van der Waals surface area (Å²) in [5.41, 5.74) is 0.666. The maximum atomic E-state index is 10.4. The fraction of sp³-hybridized carbons (Fsp3) is 0.364. The molecule has 2 aliphatic heterocycles. The van der Waals surface area contributed by atoms with E-state index < -0.39 is 43.4 Å². The van der Waals surface area contributed by atoms with Crippen LogP contribution in [-0.2, 0) is 9.47 Å². The van der Waals surface area contributed by atoms with E-state index in [1.54, 1.807) is 6.07 Å². The lowest BCUT2D eigenvalue weighted by Gasteiger charge is -2.40. The van der Waals surface area contributed by atoms with Crippen LogP contribution in [-0.4, -0.2) is 91.0 Å². The molecule has 0 amide bonds. The van der Waals surface area contributed by atoms with Gasteiger partial charge in [0, 0.05) is 18.2 Å². The first kappa shape index (κ1) is 23.0. The summed E-state index contributed by atoms with van der Waals surface area (Å²) in [5.74, 6) is -0.214. The molecule has 8 N–H and O–H groups in total. The quantitative estimate of drug-likeness (QED) is 0.283. The zero-order chi connectivity index (χ0) is 23.9. The Morgan fingerprint density at radius 3 is 2.45 bits per heavy atom. The van der Waals surface area contributed by atoms with Gasteiger partial charge in [-0.3, -0.25) is 0 Å². The molecule has 0 bridgehead atoms. The standard InChI is InChI=1S/C22H24O11/c1-30-14-3-2-9(4-13(14)26)21-16(7-11-12(25)5-10(24)6-15(11)31-21)32-22-20(29)19(28)18(27)17(8-23)33-22/h2-7,15,17-20,22-29H,8H2,1H3/p+1/t15?,17-,18+,19+,20-,22-/m1/s1. The van der Waals surface area contributed by atoms with Gasteiger partial charge in [-0.15, -0.1) is 0 Å². The zero-order valence-electron chi connectivity index (χ0n) is 17.4. The molecule has 2 heterocycles. The van der Waals surface area contributed by atoms with Crippen molar-refractivity contribution >= 4 is 5.76 Å². The largest absolute Gasteiger partial charge is 0.571 e. The number of phenolic OH excluding ortho intramolecular Hbond substituents is 1. The Bertz CT molecular complexity index is 1040. The van der Waals surface area contributed by atoms with Crippen LogP contribution in [0, 0.1) is 0 Å². The lowest BCUT2D eigenvalue weighted by Crippen LogP contribution is -2.59. The van der Waals surface area contributed by atoms with Crippen LogP contribution < -0.4 is 4.74 Å². The average molecular weight is 465 g/mol. The third kappa shape index (κ3) is 4.24. The van der Waals surface area contributed by atoms with Crippen molar-refractivity contribution in [3.8, 4) is 11.5 Å². The average Bonchev–Trinajstić information content (AvgIpc) is 2.79. The first-order chi connectivity index (χ1) is 15.7.